The summed E-state index contributed by atoms with van der Waals surface area (Å²) in [7, 11) is 0. The van der Waals surface area contributed by atoms with Crippen molar-refractivity contribution in [3.05, 3.63) is 35.3 Å². The van der Waals surface area contributed by atoms with Crippen LogP contribution in [-0.4, -0.2) is 25.6 Å². The van der Waals surface area contributed by atoms with Crippen LogP contribution in [0.25, 0.3) is 11.2 Å². The summed E-state index contributed by atoms with van der Waals surface area (Å²) in [5.74, 6) is 0. The van der Waals surface area contributed by atoms with Crippen molar-refractivity contribution >= 4 is 11.2 Å². The second-order valence-electron chi connectivity index (χ2n) is 4.01. The molecule has 0 aromatic carbocycles. The average Bonchev–Trinajstić information content (AvgIpc) is 2.76. The van der Waals surface area contributed by atoms with Crippen LogP contribution in [0, 0.1) is 0 Å². The van der Waals surface area contributed by atoms with Crippen molar-refractivity contribution in [1.29, 1.82) is 0 Å². The number of fused-ring (bicyclic) bond motifs is 1. The number of nitrogens with one attached hydrogen (secondary N) is 1. The first-order valence-electron chi connectivity index (χ1n) is 5.53. The number of hydrogen-bond acceptors (Lipinski definition) is 4. The van der Waals surface area contributed by atoms with Crippen molar-refractivity contribution in [1.82, 2.24) is 19.5 Å². The van der Waals surface area contributed by atoms with E-state index in [9.17, 15) is 4.79 Å². The fraction of sp³-hybridized carbons (Fsp3) is 0.364. The predicted octanol–water partition coefficient (Wildman–Crippen LogP) is 0.812. The van der Waals surface area contributed by atoms with Gasteiger partial charge in [0, 0.05) is 0 Å². The Morgan fingerprint density at radius 1 is 1.53 bits per heavy atom. The van der Waals surface area contributed by atoms with Crippen molar-refractivity contribution in [2.45, 2.75) is 25.5 Å². The molecule has 3 heterocycles. The topological polar surface area (TPSA) is 72.8 Å². The summed E-state index contributed by atoms with van der Waals surface area (Å²) < 4.78 is 7.34. The summed E-state index contributed by atoms with van der Waals surface area (Å²) in [6.07, 6.45) is 8.88. The zero-order valence-corrected chi connectivity index (χ0v) is 9.17. The number of nitrogens with zero attached hydrogens (tertiary/aromatic N) is 3. The molecule has 1 aliphatic rings. The Hall–Kier alpha value is -2.11. The van der Waals surface area contributed by atoms with Crippen LogP contribution in [0.5, 0.6) is 0 Å². The SMILES string of the molecule is O=c1[nH]cnc2c1ncn2CC1CCC=CO1. The Morgan fingerprint density at radius 2 is 2.47 bits per heavy atom. The molecule has 88 valence electrons. The average molecular weight is 232 g/mol. The van der Waals surface area contributed by atoms with Crippen LogP contribution in [0.2, 0.25) is 0 Å². The quantitative estimate of drug-likeness (QED) is 0.831. The van der Waals surface area contributed by atoms with E-state index in [0.29, 0.717) is 17.7 Å². The van der Waals surface area contributed by atoms with E-state index in [2.05, 4.69) is 15.0 Å². The molecule has 0 saturated heterocycles. The maximum Gasteiger partial charge on any atom is 0.278 e. The van der Waals surface area contributed by atoms with E-state index in [4.69, 9.17) is 4.74 Å². The van der Waals surface area contributed by atoms with Gasteiger partial charge in [-0.1, -0.05) is 0 Å². The van der Waals surface area contributed by atoms with E-state index in [1.165, 1.54) is 6.33 Å². The highest BCUT2D eigenvalue weighted by Crippen LogP contribution is 2.14. The van der Waals surface area contributed by atoms with E-state index >= 15 is 0 Å². The summed E-state index contributed by atoms with van der Waals surface area (Å²) >= 11 is 0. The minimum atomic E-state index is -0.210. The summed E-state index contributed by atoms with van der Waals surface area (Å²) in [5, 5.41) is 0. The largest absolute Gasteiger partial charge is 0.496 e. The van der Waals surface area contributed by atoms with Crippen LogP contribution in [0.4, 0.5) is 0 Å². The van der Waals surface area contributed by atoms with E-state index in [1.54, 1.807) is 12.6 Å². The van der Waals surface area contributed by atoms with E-state index in [1.807, 2.05) is 10.6 Å². The third-order valence-electron chi connectivity index (χ3n) is 2.83. The number of hydrogen-bond donors (Lipinski definition) is 1. The highest BCUT2D eigenvalue weighted by atomic mass is 16.5. The molecule has 0 radical (unpaired) electrons. The summed E-state index contributed by atoms with van der Waals surface area (Å²) in [6.45, 7) is 0.664. The first-order valence-corrected chi connectivity index (χ1v) is 5.53. The van der Waals surface area contributed by atoms with Gasteiger partial charge in [0.15, 0.2) is 11.2 Å². The molecule has 3 rings (SSSR count). The smallest absolute Gasteiger partial charge is 0.278 e. The van der Waals surface area contributed by atoms with Gasteiger partial charge in [0.2, 0.25) is 0 Å². The maximum atomic E-state index is 11.5. The fourth-order valence-electron chi connectivity index (χ4n) is 1.96. The van der Waals surface area contributed by atoms with E-state index < -0.39 is 0 Å². The lowest BCUT2D eigenvalue weighted by Crippen LogP contribution is -2.20. The molecule has 0 fully saturated rings. The minimum absolute atomic E-state index is 0.124. The molecule has 1 aliphatic heterocycles. The molecule has 17 heavy (non-hydrogen) atoms. The van der Waals surface area contributed by atoms with Crippen molar-refractivity contribution in [3.8, 4) is 0 Å². The lowest BCUT2D eigenvalue weighted by Gasteiger charge is -2.19. The van der Waals surface area contributed by atoms with Gasteiger partial charge in [0.25, 0.3) is 5.56 Å². The number of aromatic nitrogens is 4. The monoisotopic (exact) mass is 232 g/mol. The molecule has 2 aromatic heterocycles. The summed E-state index contributed by atoms with van der Waals surface area (Å²) in [4.78, 5) is 22.2. The maximum absolute atomic E-state index is 11.5. The molecule has 0 aliphatic carbocycles. The van der Waals surface area contributed by atoms with Crippen molar-refractivity contribution < 1.29 is 4.74 Å². The summed E-state index contributed by atoms with van der Waals surface area (Å²) in [6, 6.07) is 0. The van der Waals surface area contributed by atoms with Crippen LogP contribution in [-0.2, 0) is 11.3 Å². The van der Waals surface area contributed by atoms with Crippen molar-refractivity contribution in [3.63, 3.8) is 0 Å². The van der Waals surface area contributed by atoms with Crippen LogP contribution >= 0.6 is 0 Å². The van der Waals surface area contributed by atoms with Crippen LogP contribution in [0.1, 0.15) is 12.8 Å². The van der Waals surface area contributed by atoms with E-state index in [0.717, 1.165) is 12.8 Å². The van der Waals surface area contributed by atoms with Gasteiger partial charge in [0.05, 0.1) is 25.5 Å². The molecule has 6 heteroatoms. The van der Waals surface area contributed by atoms with Gasteiger partial charge in [0.1, 0.15) is 6.10 Å². The summed E-state index contributed by atoms with van der Waals surface area (Å²) in [5.41, 5.74) is 0.768. The first-order chi connectivity index (χ1) is 8.34. The highest BCUT2D eigenvalue weighted by Gasteiger charge is 2.14. The second-order valence-corrected chi connectivity index (χ2v) is 4.01. The molecule has 2 aromatic rings. The Bertz CT molecular complexity index is 613. The minimum Gasteiger partial charge on any atom is -0.496 e. The molecule has 0 saturated carbocycles. The normalized spacial score (nSPS) is 19.4. The van der Waals surface area contributed by atoms with Gasteiger partial charge in [-0.05, 0) is 18.9 Å². The molecular weight excluding hydrogens is 220 g/mol. The van der Waals surface area contributed by atoms with Gasteiger partial charge in [-0.25, -0.2) is 9.97 Å². The predicted molar refractivity (Wildman–Crippen MR) is 61.4 cm³/mol. The van der Waals surface area contributed by atoms with Gasteiger partial charge < -0.3 is 14.3 Å². The number of aromatic amines is 1. The molecule has 0 bridgehead atoms. The lowest BCUT2D eigenvalue weighted by molar-refractivity contribution is 0.108. The zero-order valence-electron chi connectivity index (χ0n) is 9.17. The molecule has 0 spiro atoms. The third-order valence-corrected chi connectivity index (χ3v) is 2.83. The number of ether oxygens (including phenoxy) is 1. The molecule has 0 amide bonds. The van der Waals surface area contributed by atoms with Crippen molar-refractivity contribution in [2.24, 2.45) is 0 Å². The highest BCUT2D eigenvalue weighted by molar-refractivity contribution is 5.68. The standard InChI is InChI=1S/C11H12N4O2/c16-11-9-10(12-6-13-11)15(7-14-9)5-8-3-1-2-4-17-8/h2,4,6-8H,1,3,5H2,(H,12,13,16). The zero-order chi connectivity index (χ0) is 11.7. The van der Waals surface area contributed by atoms with Crippen LogP contribution in [0.15, 0.2) is 29.8 Å². The van der Waals surface area contributed by atoms with E-state index in [-0.39, 0.29) is 11.7 Å². The molecule has 1 unspecified atom stereocenters. The van der Waals surface area contributed by atoms with Crippen LogP contribution < -0.4 is 5.56 Å². The lowest BCUT2D eigenvalue weighted by atomic mass is 10.1. The van der Waals surface area contributed by atoms with Gasteiger partial charge >= 0.3 is 0 Å². The fourth-order valence-corrected chi connectivity index (χ4v) is 1.96. The number of imidazole rings is 1. The molecule has 1 N–H and O–H groups in total. The Morgan fingerprint density at radius 3 is 3.29 bits per heavy atom. The molecule has 6 nitrogen and oxygen atoms in total. The Kier molecular flexibility index (Phi) is 2.40. The number of allylic oxidation sites excluding steroid dienone is 1. The third kappa shape index (κ3) is 1.82. The second kappa shape index (κ2) is 4.04. The van der Waals surface area contributed by atoms with Crippen LogP contribution in [0.3, 0.4) is 0 Å². The van der Waals surface area contributed by atoms with Gasteiger partial charge in [-0.3, -0.25) is 4.79 Å². The first kappa shape index (κ1) is 10.1. The Labute approximate surface area is 97.0 Å². The van der Waals surface area contributed by atoms with Gasteiger partial charge in [-0.2, -0.15) is 0 Å². The van der Waals surface area contributed by atoms with Crippen molar-refractivity contribution in [2.75, 3.05) is 0 Å². The molecular formula is C11H12N4O2. The Balaban J connectivity index is 1.93. The molecule has 1 atom stereocenters. The van der Waals surface area contributed by atoms with Gasteiger partial charge in [-0.15, -0.1) is 0 Å². The number of H-pyrrole nitrogens is 1. The number of rotatable bonds is 2.